The zero-order valence-corrected chi connectivity index (χ0v) is 15.5. The molecule has 2 aromatic heterocycles. The minimum atomic E-state index is -0.276. The van der Waals surface area contributed by atoms with Gasteiger partial charge in [0.25, 0.3) is 5.22 Å². The minimum Gasteiger partial charge on any atom is -0.493 e. The third kappa shape index (κ3) is 4.31. The van der Waals surface area contributed by atoms with Crippen molar-refractivity contribution in [1.82, 2.24) is 15.4 Å². The van der Waals surface area contributed by atoms with Crippen LogP contribution in [0.5, 0.6) is 17.2 Å². The number of aromatic nitrogens is 3. The molecule has 27 heavy (non-hydrogen) atoms. The molecule has 3 rings (SSSR count). The SMILES string of the molecule is COc1cc(-c2nnc(SCC(=O)Nc3ccon3)o2)cc(OC)c1OC. The topological polar surface area (TPSA) is 122 Å². The van der Waals surface area contributed by atoms with E-state index in [0.29, 0.717) is 28.6 Å². The molecule has 0 radical (unpaired) electrons. The first-order chi connectivity index (χ1) is 13.1. The Morgan fingerprint density at radius 3 is 2.48 bits per heavy atom. The molecule has 0 fully saturated rings. The van der Waals surface area contributed by atoms with Crippen LogP contribution < -0.4 is 19.5 Å². The predicted octanol–water partition coefficient (Wildman–Crippen LogP) is 2.48. The molecule has 1 aromatic carbocycles. The molecular formula is C16H16N4O6S. The van der Waals surface area contributed by atoms with E-state index in [9.17, 15) is 4.79 Å². The number of hydrogen-bond donors (Lipinski definition) is 1. The molecule has 0 aliphatic carbocycles. The summed E-state index contributed by atoms with van der Waals surface area (Å²) in [6.45, 7) is 0. The smallest absolute Gasteiger partial charge is 0.277 e. The molecule has 3 aromatic rings. The Hall–Kier alpha value is -3.21. The summed E-state index contributed by atoms with van der Waals surface area (Å²) in [5.74, 6) is 1.78. The molecule has 10 nitrogen and oxygen atoms in total. The molecule has 0 bridgehead atoms. The first-order valence-electron chi connectivity index (χ1n) is 7.61. The van der Waals surface area contributed by atoms with Gasteiger partial charge in [0.15, 0.2) is 17.3 Å². The zero-order valence-electron chi connectivity index (χ0n) is 14.7. The van der Waals surface area contributed by atoms with E-state index in [1.807, 2.05) is 0 Å². The highest BCUT2D eigenvalue weighted by Crippen LogP contribution is 2.41. The highest BCUT2D eigenvalue weighted by Gasteiger charge is 2.18. The molecule has 1 N–H and O–H groups in total. The summed E-state index contributed by atoms with van der Waals surface area (Å²) in [4.78, 5) is 11.8. The third-order valence-corrected chi connectivity index (χ3v) is 4.17. The Kier molecular flexibility index (Phi) is 5.81. The quantitative estimate of drug-likeness (QED) is 0.572. The fraction of sp³-hybridized carbons (Fsp3) is 0.250. The molecule has 0 spiro atoms. The maximum absolute atomic E-state index is 11.8. The molecule has 0 aliphatic rings. The van der Waals surface area contributed by atoms with Gasteiger partial charge in [-0.3, -0.25) is 4.79 Å². The lowest BCUT2D eigenvalue weighted by Gasteiger charge is -2.12. The fourth-order valence-electron chi connectivity index (χ4n) is 2.17. The molecule has 11 heteroatoms. The second-order valence-electron chi connectivity index (χ2n) is 5.01. The van der Waals surface area contributed by atoms with Crippen molar-refractivity contribution < 1.29 is 27.9 Å². The van der Waals surface area contributed by atoms with Gasteiger partial charge in [-0.15, -0.1) is 10.2 Å². The van der Waals surface area contributed by atoms with E-state index in [2.05, 4.69) is 25.2 Å². The van der Waals surface area contributed by atoms with Gasteiger partial charge >= 0.3 is 0 Å². The van der Waals surface area contributed by atoms with Gasteiger partial charge in [0.2, 0.25) is 17.5 Å². The van der Waals surface area contributed by atoms with Crippen molar-refractivity contribution >= 4 is 23.5 Å². The molecule has 2 heterocycles. The summed E-state index contributed by atoms with van der Waals surface area (Å²) < 4.78 is 26.2. The van der Waals surface area contributed by atoms with E-state index in [4.69, 9.17) is 18.6 Å². The standard InChI is InChI=1S/C16H16N4O6S/c1-22-10-6-9(7-11(23-2)14(10)24-3)15-18-19-16(26-15)27-8-13(21)17-12-4-5-25-20-12/h4-7H,8H2,1-3H3,(H,17,20,21). The van der Waals surface area contributed by atoms with E-state index < -0.39 is 0 Å². The van der Waals surface area contributed by atoms with Gasteiger partial charge in [0.1, 0.15) is 6.26 Å². The van der Waals surface area contributed by atoms with Crippen molar-refractivity contribution in [3.05, 3.63) is 24.5 Å². The molecular weight excluding hydrogens is 376 g/mol. The van der Waals surface area contributed by atoms with Gasteiger partial charge in [-0.05, 0) is 12.1 Å². The second-order valence-corrected chi connectivity index (χ2v) is 5.94. The van der Waals surface area contributed by atoms with E-state index >= 15 is 0 Å². The van der Waals surface area contributed by atoms with E-state index in [1.165, 1.54) is 33.7 Å². The van der Waals surface area contributed by atoms with Gasteiger partial charge in [0, 0.05) is 11.6 Å². The number of benzene rings is 1. The molecule has 0 atom stereocenters. The third-order valence-electron chi connectivity index (χ3n) is 3.35. The van der Waals surface area contributed by atoms with Crippen molar-refractivity contribution in [3.8, 4) is 28.7 Å². The minimum absolute atomic E-state index is 0.0732. The lowest BCUT2D eigenvalue weighted by Crippen LogP contribution is -2.14. The normalized spacial score (nSPS) is 10.5. The van der Waals surface area contributed by atoms with Crippen LogP contribution in [0.25, 0.3) is 11.5 Å². The van der Waals surface area contributed by atoms with E-state index in [1.54, 1.807) is 12.1 Å². The molecule has 1 amide bonds. The lowest BCUT2D eigenvalue weighted by atomic mass is 10.2. The Balaban J connectivity index is 1.71. The number of anilines is 1. The largest absolute Gasteiger partial charge is 0.493 e. The average Bonchev–Trinajstić information content (AvgIpc) is 3.37. The van der Waals surface area contributed by atoms with Crippen LogP contribution in [0, 0.1) is 0 Å². The monoisotopic (exact) mass is 392 g/mol. The number of nitrogens with one attached hydrogen (secondary N) is 1. The zero-order chi connectivity index (χ0) is 19.2. The van der Waals surface area contributed by atoms with Crippen molar-refractivity contribution in [2.75, 3.05) is 32.4 Å². The maximum atomic E-state index is 11.8. The number of carbonyl (C=O) groups is 1. The van der Waals surface area contributed by atoms with Crippen LogP contribution in [0.4, 0.5) is 5.82 Å². The van der Waals surface area contributed by atoms with Crippen LogP contribution in [0.15, 0.2) is 38.6 Å². The summed E-state index contributed by atoms with van der Waals surface area (Å²) in [5.41, 5.74) is 0.593. The fourth-order valence-corrected chi connectivity index (χ4v) is 2.74. The Bertz CT molecular complexity index is 887. The highest BCUT2D eigenvalue weighted by molar-refractivity contribution is 7.99. The van der Waals surface area contributed by atoms with Crippen LogP contribution in [-0.4, -0.2) is 48.3 Å². The highest BCUT2D eigenvalue weighted by atomic mass is 32.2. The summed E-state index contributed by atoms with van der Waals surface area (Å²) in [6.07, 6.45) is 1.37. The number of amides is 1. The van der Waals surface area contributed by atoms with Crippen LogP contribution in [0.1, 0.15) is 0 Å². The number of carbonyl (C=O) groups excluding carboxylic acids is 1. The van der Waals surface area contributed by atoms with Crippen LogP contribution in [-0.2, 0) is 4.79 Å². The maximum Gasteiger partial charge on any atom is 0.277 e. The Morgan fingerprint density at radius 1 is 1.15 bits per heavy atom. The Labute approximate surface area is 158 Å². The lowest BCUT2D eigenvalue weighted by molar-refractivity contribution is -0.113. The van der Waals surface area contributed by atoms with Gasteiger partial charge in [-0.2, -0.15) is 0 Å². The van der Waals surface area contributed by atoms with Gasteiger partial charge in [0.05, 0.1) is 27.1 Å². The van der Waals surface area contributed by atoms with E-state index in [0.717, 1.165) is 11.8 Å². The van der Waals surface area contributed by atoms with Gasteiger partial charge < -0.3 is 28.5 Å². The molecule has 0 unspecified atom stereocenters. The molecule has 142 valence electrons. The van der Waals surface area contributed by atoms with Gasteiger partial charge in [-0.25, -0.2) is 0 Å². The van der Waals surface area contributed by atoms with E-state index in [-0.39, 0.29) is 22.8 Å². The molecule has 0 aliphatic heterocycles. The number of ether oxygens (including phenoxy) is 3. The average molecular weight is 392 g/mol. The summed E-state index contributed by atoms with van der Waals surface area (Å²) in [6, 6.07) is 4.93. The molecule has 0 saturated carbocycles. The van der Waals surface area contributed by atoms with Crippen molar-refractivity contribution in [2.45, 2.75) is 5.22 Å². The first-order valence-corrected chi connectivity index (χ1v) is 8.60. The van der Waals surface area contributed by atoms with Crippen molar-refractivity contribution in [1.29, 1.82) is 0 Å². The summed E-state index contributed by atoms with van der Waals surface area (Å²) in [5, 5.41) is 14.3. The first kappa shape index (κ1) is 18.6. The van der Waals surface area contributed by atoms with Crippen LogP contribution >= 0.6 is 11.8 Å². The second kappa shape index (κ2) is 8.45. The summed E-state index contributed by atoms with van der Waals surface area (Å²) in [7, 11) is 4.55. The Morgan fingerprint density at radius 2 is 1.89 bits per heavy atom. The number of rotatable bonds is 8. The number of methoxy groups -OCH3 is 3. The number of nitrogens with zero attached hydrogens (tertiary/aromatic N) is 3. The number of hydrogen-bond acceptors (Lipinski definition) is 10. The number of thioether (sulfide) groups is 1. The van der Waals surface area contributed by atoms with Crippen LogP contribution in [0.3, 0.4) is 0 Å². The van der Waals surface area contributed by atoms with Gasteiger partial charge in [-0.1, -0.05) is 16.9 Å². The predicted molar refractivity (Wildman–Crippen MR) is 95.2 cm³/mol. The van der Waals surface area contributed by atoms with Crippen molar-refractivity contribution in [2.24, 2.45) is 0 Å². The molecule has 0 saturated heterocycles. The summed E-state index contributed by atoms with van der Waals surface area (Å²) >= 11 is 1.10. The van der Waals surface area contributed by atoms with Crippen LogP contribution in [0.2, 0.25) is 0 Å². The van der Waals surface area contributed by atoms with Crippen molar-refractivity contribution in [3.63, 3.8) is 0 Å².